The van der Waals surface area contributed by atoms with Gasteiger partial charge in [0.2, 0.25) is 0 Å². The second kappa shape index (κ2) is 10.4. The molecule has 1 atom stereocenters. The fraction of sp³-hybridized carbons (Fsp3) is 0.500. The summed E-state index contributed by atoms with van der Waals surface area (Å²) in [5.74, 6) is 0.614. The molecule has 1 N–H and O–H groups in total. The zero-order valence-electron chi connectivity index (χ0n) is 19.1. The van der Waals surface area contributed by atoms with E-state index in [9.17, 15) is 13.2 Å². The number of rotatable bonds is 9. The molecule has 2 aliphatic heterocycles. The van der Waals surface area contributed by atoms with Crippen LogP contribution in [0.15, 0.2) is 52.8 Å². The zero-order chi connectivity index (χ0) is 23.3. The molecule has 3 rings (SSSR count). The standard InChI is InChI=1S/C24H34N4O3S/c1-5-13-27(14-6-2)21(18(3)4)17-25-24(29)19-11-12-20-22(16-19)32(30,31)26-23-10-8-7-9-15-28(20)23/h5-6,11-12,16,18,21H,1-2,7-10,13-15,17H2,3-4H3,(H,25,29)/t21-/m0/s1. The normalized spacial score (nSPS) is 18.2. The van der Waals surface area contributed by atoms with Gasteiger partial charge in [0.05, 0.1) is 5.69 Å². The lowest BCUT2D eigenvalue weighted by Gasteiger charge is -2.33. The second-order valence-electron chi connectivity index (χ2n) is 8.68. The third-order valence-electron chi connectivity index (χ3n) is 6.05. The molecule has 0 radical (unpaired) electrons. The molecule has 0 spiro atoms. The average Bonchev–Trinajstić information content (AvgIpc) is 2.98. The Labute approximate surface area is 191 Å². The van der Waals surface area contributed by atoms with Crippen molar-refractivity contribution in [3.8, 4) is 0 Å². The molecule has 1 saturated heterocycles. The molecule has 1 amide bonds. The van der Waals surface area contributed by atoms with Gasteiger partial charge in [-0.15, -0.1) is 17.6 Å². The third kappa shape index (κ3) is 5.30. The summed E-state index contributed by atoms with van der Waals surface area (Å²) in [4.78, 5) is 17.2. The van der Waals surface area contributed by atoms with Crippen molar-refractivity contribution in [2.45, 2.75) is 50.5 Å². The van der Waals surface area contributed by atoms with Gasteiger partial charge in [-0.05, 0) is 37.0 Å². The van der Waals surface area contributed by atoms with Crippen LogP contribution in [0.4, 0.5) is 5.69 Å². The van der Waals surface area contributed by atoms with Crippen molar-refractivity contribution >= 4 is 27.5 Å². The van der Waals surface area contributed by atoms with Gasteiger partial charge >= 0.3 is 0 Å². The number of nitrogens with one attached hydrogen (secondary N) is 1. The lowest BCUT2D eigenvalue weighted by molar-refractivity contribution is 0.0926. The molecule has 8 heteroatoms. The fourth-order valence-electron chi connectivity index (χ4n) is 4.38. The number of carbonyl (C=O) groups is 1. The number of sulfonamides is 1. The lowest BCUT2D eigenvalue weighted by atomic mass is 10.0. The first kappa shape index (κ1) is 24.2. The first-order chi connectivity index (χ1) is 15.3. The zero-order valence-corrected chi connectivity index (χ0v) is 19.9. The van der Waals surface area contributed by atoms with Gasteiger partial charge in [-0.2, -0.15) is 8.42 Å². The van der Waals surface area contributed by atoms with Crippen LogP contribution in [0.25, 0.3) is 0 Å². The number of hydrogen-bond acceptors (Lipinski definition) is 5. The van der Waals surface area contributed by atoms with Crippen LogP contribution in [0.2, 0.25) is 0 Å². The number of carbonyl (C=O) groups excluding carboxylic acids is 1. The maximum Gasteiger partial charge on any atom is 0.286 e. The molecule has 0 unspecified atom stereocenters. The molecule has 2 aliphatic rings. The van der Waals surface area contributed by atoms with E-state index in [1.165, 1.54) is 6.07 Å². The predicted octanol–water partition coefficient (Wildman–Crippen LogP) is 3.60. The van der Waals surface area contributed by atoms with Gasteiger partial charge in [-0.3, -0.25) is 9.69 Å². The van der Waals surface area contributed by atoms with E-state index in [1.807, 2.05) is 17.1 Å². The van der Waals surface area contributed by atoms with Crippen LogP contribution in [-0.2, 0) is 10.0 Å². The first-order valence-corrected chi connectivity index (χ1v) is 12.7. The summed E-state index contributed by atoms with van der Waals surface area (Å²) in [5.41, 5.74) is 0.943. The molecule has 174 valence electrons. The van der Waals surface area contributed by atoms with Gasteiger partial charge in [0, 0.05) is 44.2 Å². The molecule has 0 saturated carbocycles. The SMILES string of the molecule is C=CCN(CC=C)[C@@H](CNC(=O)c1ccc2c(c1)S(=O)(=O)N=C1CCCCCN12)C(C)C. The van der Waals surface area contributed by atoms with Crippen molar-refractivity contribution in [3.05, 3.63) is 49.1 Å². The molecule has 1 fully saturated rings. The van der Waals surface area contributed by atoms with Crippen LogP contribution >= 0.6 is 0 Å². The van der Waals surface area contributed by atoms with E-state index in [-0.39, 0.29) is 16.8 Å². The number of amidine groups is 1. The monoisotopic (exact) mass is 458 g/mol. The van der Waals surface area contributed by atoms with Crippen LogP contribution in [0.5, 0.6) is 0 Å². The number of fused-ring (bicyclic) bond motifs is 3. The summed E-state index contributed by atoms with van der Waals surface area (Å²) < 4.78 is 29.7. The number of nitrogens with zero attached hydrogens (tertiary/aromatic N) is 3. The fourth-order valence-corrected chi connectivity index (χ4v) is 5.67. The van der Waals surface area contributed by atoms with Crippen LogP contribution in [-0.4, -0.2) is 57.3 Å². The van der Waals surface area contributed by atoms with Gasteiger partial charge in [0.25, 0.3) is 15.9 Å². The lowest BCUT2D eigenvalue weighted by Crippen LogP contribution is -2.47. The van der Waals surface area contributed by atoms with Crippen molar-refractivity contribution < 1.29 is 13.2 Å². The minimum absolute atomic E-state index is 0.0977. The molecular weight excluding hydrogens is 424 g/mol. The van der Waals surface area contributed by atoms with Gasteiger partial charge in [0.1, 0.15) is 10.7 Å². The van der Waals surface area contributed by atoms with E-state index in [1.54, 1.807) is 12.1 Å². The number of anilines is 1. The summed E-state index contributed by atoms with van der Waals surface area (Å²) in [6.07, 6.45) is 7.32. The Morgan fingerprint density at radius 2 is 1.94 bits per heavy atom. The summed E-state index contributed by atoms with van der Waals surface area (Å²) in [5, 5.41) is 2.98. The molecule has 0 aliphatic carbocycles. The number of benzene rings is 1. The molecular formula is C24H34N4O3S. The largest absolute Gasteiger partial charge is 0.350 e. The Morgan fingerprint density at radius 3 is 2.59 bits per heavy atom. The minimum Gasteiger partial charge on any atom is -0.350 e. The molecule has 32 heavy (non-hydrogen) atoms. The first-order valence-electron chi connectivity index (χ1n) is 11.3. The molecule has 0 aromatic heterocycles. The van der Waals surface area contributed by atoms with Crippen LogP contribution < -0.4 is 10.2 Å². The van der Waals surface area contributed by atoms with Crippen LogP contribution in [0.1, 0.15) is 49.9 Å². The predicted molar refractivity (Wildman–Crippen MR) is 130 cm³/mol. The minimum atomic E-state index is -3.82. The Morgan fingerprint density at radius 1 is 1.22 bits per heavy atom. The summed E-state index contributed by atoms with van der Waals surface area (Å²) in [6.45, 7) is 14.4. The molecule has 0 bridgehead atoms. The average molecular weight is 459 g/mol. The highest BCUT2D eigenvalue weighted by Crippen LogP contribution is 2.35. The molecule has 1 aromatic carbocycles. The smallest absolute Gasteiger partial charge is 0.286 e. The topological polar surface area (TPSA) is 82.1 Å². The van der Waals surface area contributed by atoms with Crippen LogP contribution in [0, 0.1) is 5.92 Å². The molecule has 2 heterocycles. The number of hydrogen-bond donors (Lipinski definition) is 1. The highest BCUT2D eigenvalue weighted by Gasteiger charge is 2.32. The number of amides is 1. The Kier molecular flexibility index (Phi) is 7.90. The van der Waals surface area contributed by atoms with E-state index in [0.29, 0.717) is 49.1 Å². The van der Waals surface area contributed by atoms with E-state index in [2.05, 4.69) is 41.6 Å². The Bertz CT molecular complexity index is 990. The van der Waals surface area contributed by atoms with E-state index in [4.69, 9.17) is 0 Å². The maximum absolute atomic E-state index is 12.9. The van der Waals surface area contributed by atoms with E-state index < -0.39 is 10.0 Å². The van der Waals surface area contributed by atoms with Crippen molar-refractivity contribution in [1.29, 1.82) is 0 Å². The van der Waals surface area contributed by atoms with Gasteiger partial charge in [-0.25, -0.2) is 0 Å². The van der Waals surface area contributed by atoms with Crippen molar-refractivity contribution in [1.82, 2.24) is 10.2 Å². The van der Waals surface area contributed by atoms with E-state index >= 15 is 0 Å². The van der Waals surface area contributed by atoms with Crippen molar-refractivity contribution in [3.63, 3.8) is 0 Å². The quantitative estimate of drug-likeness (QED) is 0.572. The van der Waals surface area contributed by atoms with Gasteiger partial charge < -0.3 is 10.2 Å². The Balaban J connectivity index is 1.81. The maximum atomic E-state index is 12.9. The third-order valence-corrected chi connectivity index (χ3v) is 7.38. The molecule has 7 nitrogen and oxygen atoms in total. The van der Waals surface area contributed by atoms with Gasteiger partial charge in [0.15, 0.2) is 0 Å². The van der Waals surface area contributed by atoms with Crippen molar-refractivity contribution in [2.24, 2.45) is 10.3 Å². The highest BCUT2D eigenvalue weighted by molar-refractivity contribution is 7.90. The van der Waals surface area contributed by atoms with Crippen molar-refractivity contribution in [2.75, 3.05) is 31.1 Å². The van der Waals surface area contributed by atoms with Gasteiger partial charge in [-0.1, -0.05) is 32.4 Å². The Hall–Kier alpha value is -2.45. The van der Waals surface area contributed by atoms with Crippen LogP contribution in [0.3, 0.4) is 0 Å². The second-order valence-corrected chi connectivity index (χ2v) is 10.3. The summed E-state index contributed by atoms with van der Waals surface area (Å²) in [6, 6.07) is 5.00. The molecule has 1 aromatic rings. The summed E-state index contributed by atoms with van der Waals surface area (Å²) >= 11 is 0. The summed E-state index contributed by atoms with van der Waals surface area (Å²) in [7, 11) is -3.82. The van der Waals surface area contributed by atoms with E-state index in [0.717, 1.165) is 25.8 Å². The highest BCUT2D eigenvalue weighted by atomic mass is 32.2.